The third-order valence-corrected chi connectivity index (χ3v) is 2.56. The highest BCUT2D eigenvalue weighted by Gasteiger charge is 2.20. The van der Waals surface area contributed by atoms with Gasteiger partial charge in [0.25, 0.3) is 0 Å². The summed E-state index contributed by atoms with van der Waals surface area (Å²) < 4.78 is 18.5. The Morgan fingerprint density at radius 2 is 2.22 bits per heavy atom. The van der Waals surface area contributed by atoms with Crippen molar-refractivity contribution in [3.05, 3.63) is 29.6 Å². The van der Waals surface area contributed by atoms with Crippen LogP contribution in [0.15, 0.2) is 18.2 Å². The number of carbonyl (C=O) groups is 1. The molecular weight excluding hydrogens is 237 g/mol. The van der Waals surface area contributed by atoms with Gasteiger partial charge in [-0.25, -0.2) is 9.18 Å². The first-order valence-electron chi connectivity index (χ1n) is 5.90. The van der Waals surface area contributed by atoms with Crippen LogP contribution in [0.1, 0.15) is 38.3 Å². The standard InChI is InChI=1S/C13H18FNO3/c1-3-4-11(13(16)17)18-12-7-9(14)5-6-10(12)8(2)15/h5-8,11H,3-4,15H2,1-2H3,(H,16,17). The topological polar surface area (TPSA) is 72.5 Å². The van der Waals surface area contributed by atoms with Crippen molar-refractivity contribution < 1.29 is 19.0 Å². The van der Waals surface area contributed by atoms with Gasteiger partial charge in [-0.2, -0.15) is 0 Å². The Morgan fingerprint density at radius 3 is 2.72 bits per heavy atom. The van der Waals surface area contributed by atoms with Crippen molar-refractivity contribution >= 4 is 5.97 Å². The second-order valence-electron chi connectivity index (χ2n) is 4.20. The predicted molar refractivity (Wildman–Crippen MR) is 66.0 cm³/mol. The van der Waals surface area contributed by atoms with Gasteiger partial charge in [0.15, 0.2) is 6.10 Å². The molecule has 0 radical (unpaired) electrons. The van der Waals surface area contributed by atoms with E-state index in [4.69, 9.17) is 15.6 Å². The summed E-state index contributed by atoms with van der Waals surface area (Å²) >= 11 is 0. The number of halogens is 1. The molecule has 0 saturated heterocycles. The first kappa shape index (κ1) is 14.4. The van der Waals surface area contributed by atoms with Gasteiger partial charge in [0.2, 0.25) is 0 Å². The van der Waals surface area contributed by atoms with E-state index in [0.29, 0.717) is 18.4 Å². The van der Waals surface area contributed by atoms with E-state index in [-0.39, 0.29) is 11.8 Å². The minimum absolute atomic E-state index is 0.200. The number of nitrogens with two attached hydrogens (primary N) is 1. The van der Waals surface area contributed by atoms with Crippen molar-refractivity contribution in [3.8, 4) is 5.75 Å². The predicted octanol–water partition coefficient (Wildman–Crippen LogP) is 2.48. The molecule has 0 aliphatic heterocycles. The van der Waals surface area contributed by atoms with Crippen LogP contribution in [0.25, 0.3) is 0 Å². The van der Waals surface area contributed by atoms with Crippen LogP contribution in [0, 0.1) is 5.82 Å². The summed E-state index contributed by atoms with van der Waals surface area (Å²) in [6, 6.07) is 3.61. The summed E-state index contributed by atoms with van der Waals surface area (Å²) in [6.07, 6.45) is 0.0543. The van der Waals surface area contributed by atoms with Crippen LogP contribution in [0.2, 0.25) is 0 Å². The molecule has 0 aliphatic carbocycles. The molecule has 0 saturated carbocycles. The highest BCUT2D eigenvalue weighted by atomic mass is 19.1. The van der Waals surface area contributed by atoms with E-state index in [0.717, 1.165) is 0 Å². The Bertz CT molecular complexity index is 421. The van der Waals surface area contributed by atoms with Crippen LogP contribution in [0.5, 0.6) is 5.75 Å². The summed E-state index contributed by atoms with van der Waals surface area (Å²) in [4.78, 5) is 11.0. The van der Waals surface area contributed by atoms with Gasteiger partial charge in [-0.3, -0.25) is 0 Å². The van der Waals surface area contributed by atoms with Crippen molar-refractivity contribution in [1.29, 1.82) is 0 Å². The molecule has 18 heavy (non-hydrogen) atoms. The zero-order valence-corrected chi connectivity index (χ0v) is 10.5. The maximum Gasteiger partial charge on any atom is 0.344 e. The highest BCUT2D eigenvalue weighted by molar-refractivity contribution is 5.72. The summed E-state index contributed by atoms with van der Waals surface area (Å²) in [5.74, 6) is -1.34. The van der Waals surface area contributed by atoms with Gasteiger partial charge in [-0.05, 0) is 19.4 Å². The zero-order valence-electron chi connectivity index (χ0n) is 10.5. The van der Waals surface area contributed by atoms with Crippen LogP contribution in [-0.2, 0) is 4.79 Å². The number of carboxylic acids is 1. The lowest BCUT2D eigenvalue weighted by atomic mass is 10.1. The Morgan fingerprint density at radius 1 is 1.56 bits per heavy atom. The number of benzene rings is 1. The van der Waals surface area contributed by atoms with Crippen molar-refractivity contribution in [2.45, 2.75) is 38.8 Å². The first-order chi connectivity index (χ1) is 8.45. The molecule has 0 aromatic heterocycles. The summed E-state index contributed by atoms with van der Waals surface area (Å²) in [5.41, 5.74) is 6.34. The molecule has 3 N–H and O–H groups in total. The molecule has 1 aromatic carbocycles. The number of carboxylic acid groups (broad SMARTS) is 1. The molecule has 5 heteroatoms. The van der Waals surface area contributed by atoms with E-state index in [1.165, 1.54) is 18.2 Å². The zero-order chi connectivity index (χ0) is 13.7. The Labute approximate surface area is 106 Å². The maximum absolute atomic E-state index is 13.2. The van der Waals surface area contributed by atoms with Crippen LogP contribution in [-0.4, -0.2) is 17.2 Å². The Balaban J connectivity index is 3.00. The van der Waals surface area contributed by atoms with Crippen LogP contribution >= 0.6 is 0 Å². The number of aliphatic carboxylic acids is 1. The first-order valence-corrected chi connectivity index (χ1v) is 5.90. The number of rotatable bonds is 6. The van der Waals surface area contributed by atoms with Crippen LogP contribution in [0.4, 0.5) is 4.39 Å². The average Bonchev–Trinajstić information content (AvgIpc) is 2.28. The molecule has 4 nitrogen and oxygen atoms in total. The molecule has 0 amide bonds. The molecule has 0 spiro atoms. The molecule has 2 atom stereocenters. The summed E-state index contributed by atoms with van der Waals surface area (Å²) in [6.45, 7) is 3.59. The van der Waals surface area contributed by atoms with Gasteiger partial charge >= 0.3 is 5.97 Å². The van der Waals surface area contributed by atoms with Crippen molar-refractivity contribution in [3.63, 3.8) is 0 Å². The average molecular weight is 255 g/mol. The van der Waals surface area contributed by atoms with E-state index in [1.807, 2.05) is 6.92 Å². The molecule has 0 aliphatic rings. The number of hydrogen-bond donors (Lipinski definition) is 2. The second kappa shape index (κ2) is 6.35. The van der Waals surface area contributed by atoms with E-state index in [2.05, 4.69) is 0 Å². The Hall–Kier alpha value is -1.62. The molecule has 1 aromatic rings. The fourth-order valence-electron chi connectivity index (χ4n) is 1.63. The van der Waals surface area contributed by atoms with Gasteiger partial charge in [0, 0.05) is 17.7 Å². The van der Waals surface area contributed by atoms with E-state index < -0.39 is 17.9 Å². The third-order valence-electron chi connectivity index (χ3n) is 2.56. The smallest absolute Gasteiger partial charge is 0.344 e. The molecule has 100 valence electrons. The van der Waals surface area contributed by atoms with Crippen molar-refractivity contribution in [2.24, 2.45) is 5.73 Å². The lowest BCUT2D eigenvalue weighted by Gasteiger charge is -2.18. The largest absolute Gasteiger partial charge is 0.479 e. The lowest BCUT2D eigenvalue weighted by Crippen LogP contribution is -2.27. The summed E-state index contributed by atoms with van der Waals surface area (Å²) in [5, 5.41) is 9.01. The second-order valence-corrected chi connectivity index (χ2v) is 4.20. The van der Waals surface area contributed by atoms with E-state index in [9.17, 15) is 9.18 Å². The SMILES string of the molecule is CCCC(Oc1cc(F)ccc1C(C)N)C(=O)O. The monoisotopic (exact) mass is 255 g/mol. The van der Waals surface area contributed by atoms with Crippen LogP contribution < -0.4 is 10.5 Å². The number of ether oxygens (including phenoxy) is 1. The van der Waals surface area contributed by atoms with Crippen molar-refractivity contribution in [1.82, 2.24) is 0 Å². The molecule has 0 bridgehead atoms. The lowest BCUT2D eigenvalue weighted by molar-refractivity contribution is -0.145. The van der Waals surface area contributed by atoms with Crippen molar-refractivity contribution in [2.75, 3.05) is 0 Å². The Kier molecular flexibility index (Phi) is 5.09. The van der Waals surface area contributed by atoms with Gasteiger partial charge in [0.1, 0.15) is 11.6 Å². The van der Waals surface area contributed by atoms with Gasteiger partial charge in [-0.1, -0.05) is 19.4 Å². The molecule has 0 heterocycles. The third kappa shape index (κ3) is 3.70. The molecular formula is C13H18FNO3. The van der Waals surface area contributed by atoms with Gasteiger partial charge in [-0.15, -0.1) is 0 Å². The number of hydrogen-bond acceptors (Lipinski definition) is 3. The minimum atomic E-state index is -1.06. The van der Waals surface area contributed by atoms with Crippen LogP contribution in [0.3, 0.4) is 0 Å². The normalized spacial score (nSPS) is 14.0. The fraction of sp³-hybridized carbons (Fsp3) is 0.462. The summed E-state index contributed by atoms with van der Waals surface area (Å²) in [7, 11) is 0. The molecule has 2 unspecified atom stereocenters. The molecule has 1 rings (SSSR count). The van der Waals surface area contributed by atoms with E-state index in [1.54, 1.807) is 6.92 Å². The van der Waals surface area contributed by atoms with Gasteiger partial charge < -0.3 is 15.6 Å². The van der Waals surface area contributed by atoms with Gasteiger partial charge in [0.05, 0.1) is 0 Å². The minimum Gasteiger partial charge on any atom is -0.479 e. The highest BCUT2D eigenvalue weighted by Crippen LogP contribution is 2.26. The maximum atomic E-state index is 13.2. The fourth-order valence-corrected chi connectivity index (χ4v) is 1.63. The quantitative estimate of drug-likeness (QED) is 0.819. The molecule has 0 fully saturated rings. The van der Waals surface area contributed by atoms with E-state index >= 15 is 0 Å².